The number of hydrogen-bond donors (Lipinski definition) is 1. The second-order valence-corrected chi connectivity index (χ2v) is 4.27. The van der Waals surface area contributed by atoms with Crippen molar-refractivity contribution >= 4 is 17.6 Å². The Balaban J connectivity index is 3.11. The number of aromatic carboxylic acids is 1. The van der Waals surface area contributed by atoms with Gasteiger partial charge >= 0.3 is 5.97 Å². The minimum atomic E-state index is -1.22. The number of rotatable bonds is 5. The molecule has 0 aliphatic carbocycles. The molecule has 6 heteroatoms. The molecule has 1 N–H and O–H groups in total. The zero-order chi connectivity index (χ0) is 14.6. The Morgan fingerprint density at radius 3 is 2.42 bits per heavy atom. The summed E-state index contributed by atoms with van der Waals surface area (Å²) < 4.78 is 13.1. The third-order valence-electron chi connectivity index (χ3n) is 2.74. The fraction of sp³-hybridized carbons (Fsp3) is 0.385. The Morgan fingerprint density at radius 2 is 1.95 bits per heavy atom. The average molecular weight is 268 g/mol. The molecule has 19 heavy (non-hydrogen) atoms. The first-order valence-corrected chi connectivity index (χ1v) is 5.84. The summed E-state index contributed by atoms with van der Waals surface area (Å²) in [7, 11) is 3.25. The largest absolute Gasteiger partial charge is 0.478 e. The van der Waals surface area contributed by atoms with E-state index in [1.54, 1.807) is 25.9 Å². The zero-order valence-electron chi connectivity index (χ0n) is 11.2. The number of likely N-dealkylation sites (N-methyl/N-ethyl adjacent to an activating group) is 2. The van der Waals surface area contributed by atoms with Crippen LogP contribution >= 0.6 is 0 Å². The number of benzene rings is 1. The number of hydrogen-bond acceptors (Lipinski definition) is 3. The van der Waals surface area contributed by atoms with Crippen molar-refractivity contribution in [1.82, 2.24) is 4.90 Å². The predicted molar refractivity (Wildman–Crippen MR) is 69.9 cm³/mol. The lowest BCUT2D eigenvalue weighted by Crippen LogP contribution is -2.37. The molecule has 0 saturated carbocycles. The van der Waals surface area contributed by atoms with E-state index in [0.29, 0.717) is 12.2 Å². The molecule has 0 aliphatic rings. The first-order chi connectivity index (χ1) is 8.86. The van der Waals surface area contributed by atoms with Gasteiger partial charge in [-0.05, 0) is 25.1 Å². The fourth-order valence-corrected chi connectivity index (χ4v) is 1.63. The smallest absolute Gasteiger partial charge is 0.337 e. The van der Waals surface area contributed by atoms with Crippen molar-refractivity contribution in [3.05, 3.63) is 29.6 Å². The molecular weight excluding hydrogens is 251 g/mol. The zero-order valence-corrected chi connectivity index (χ0v) is 11.2. The van der Waals surface area contributed by atoms with E-state index in [1.807, 2.05) is 0 Å². The van der Waals surface area contributed by atoms with Gasteiger partial charge in [-0.3, -0.25) is 4.79 Å². The lowest BCUT2D eigenvalue weighted by atomic mass is 10.1. The van der Waals surface area contributed by atoms with Crippen LogP contribution in [0.3, 0.4) is 0 Å². The molecule has 0 heterocycles. The maximum absolute atomic E-state index is 13.1. The van der Waals surface area contributed by atoms with Crippen molar-refractivity contribution in [2.24, 2.45) is 0 Å². The van der Waals surface area contributed by atoms with Gasteiger partial charge in [0.15, 0.2) is 0 Å². The van der Waals surface area contributed by atoms with Gasteiger partial charge in [-0.2, -0.15) is 0 Å². The molecule has 1 aromatic rings. The molecule has 1 aromatic carbocycles. The van der Waals surface area contributed by atoms with Crippen LogP contribution in [0.25, 0.3) is 0 Å². The second kappa shape index (κ2) is 6.17. The second-order valence-electron chi connectivity index (χ2n) is 4.27. The van der Waals surface area contributed by atoms with Gasteiger partial charge in [0.1, 0.15) is 5.82 Å². The first-order valence-electron chi connectivity index (χ1n) is 5.84. The van der Waals surface area contributed by atoms with Gasteiger partial charge in [-0.15, -0.1) is 0 Å². The molecule has 0 aromatic heterocycles. The summed E-state index contributed by atoms with van der Waals surface area (Å²) in [5.41, 5.74) is 0.194. The topological polar surface area (TPSA) is 60.9 Å². The third kappa shape index (κ3) is 3.67. The lowest BCUT2D eigenvalue weighted by Gasteiger charge is -2.25. The van der Waals surface area contributed by atoms with Crippen LogP contribution in [0.5, 0.6) is 0 Å². The molecule has 5 nitrogen and oxygen atoms in total. The summed E-state index contributed by atoms with van der Waals surface area (Å²) >= 11 is 0. The van der Waals surface area contributed by atoms with Gasteiger partial charge in [0.25, 0.3) is 0 Å². The van der Waals surface area contributed by atoms with Gasteiger partial charge in [-0.25, -0.2) is 9.18 Å². The van der Waals surface area contributed by atoms with Crippen molar-refractivity contribution in [3.63, 3.8) is 0 Å². The molecule has 0 aliphatic heterocycles. The van der Waals surface area contributed by atoms with Crippen molar-refractivity contribution < 1.29 is 19.1 Å². The van der Waals surface area contributed by atoms with Crippen LogP contribution in [0.4, 0.5) is 10.1 Å². The standard InChI is InChI=1S/C13H17FN2O3/c1-4-16(8-12(17)15(2)3)11-6-5-9(14)7-10(11)13(18)19/h5-7H,4,8H2,1-3H3,(H,18,19). The molecule has 1 amide bonds. The monoisotopic (exact) mass is 268 g/mol. The van der Waals surface area contributed by atoms with Crippen molar-refractivity contribution in [1.29, 1.82) is 0 Å². The van der Waals surface area contributed by atoms with Gasteiger partial charge in [0, 0.05) is 20.6 Å². The first kappa shape index (κ1) is 14.9. The maximum Gasteiger partial charge on any atom is 0.337 e. The van der Waals surface area contributed by atoms with E-state index >= 15 is 0 Å². The van der Waals surface area contributed by atoms with E-state index in [9.17, 15) is 14.0 Å². The molecule has 0 fully saturated rings. The van der Waals surface area contributed by atoms with E-state index in [4.69, 9.17) is 5.11 Å². The Hall–Kier alpha value is -2.11. The SMILES string of the molecule is CCN(CC(=O)N(C)C)c1ccc(F)cc1C(=O)O. The summed E-state index contributed by atoms with van der Waals surface area (Å²) in [5.74, 6) is -1.98. The molecule has 0 saturated heterocycles. The average Bonchev–Trinajstić information content (AvgIpc) is 2.35. The van der Waals surface area contributed by atoms with Crippen LogP contribution in [-0.4, -0.2) is 49.1 Å². The van der Waals surface area contributed by atoms with Crippen LogP contribution in [-0.2, 0) is 4.79 Å². The van der Waals surface area contributed by atoms with Crippen LogP contribution in [0, 0.1) is 5.82 Å². The highest BCUT2D eigenvalue weighted by Crippen LogP contribution is 2.21. The van der Waals surface area contributed by atoms with E-state index in [-0.39, 0.29) is 18.0 Å². The summed E-state index contributed by atoms with van der Waals surface area (Å²) in [4.78, 5) is 25.8. The predicted octanol–water partition coefficient (Wildman–Crippen LogP) is 1.44. The highest BCUT2D eigenvalue weighted by atomic mass is 19.1. The van der Waals surface area contributed by atoms with Gasteiger partial charge in [0.05, 0.1) is 17.8 Å². The van der Waals surface area contributed by atoms with E-state index < -0.39 is 11.8 Å². The molecular formula is C13H17FN2O3. The number of carboxylic acid groups (broad SMARTS) is 1. The number of carbonyl (C=O) groups excluding carboxylic acids is 1. The molecule has 0 bridgehead atoms. The molecule has 0 unspecified atom stereocenters. The van der Waals surface area contributed by atoms with Gasteiger partial charge in [0.2, 0.25) is 5.91 Å². The van der Waals surface area contributed by atoms with Crippen LogP contribution in [0.15, 0.2) is 18.2 Å². The number of nitrogens with zero attached hydrogens (tertiary/aromatic N) is 2. The van der Waals surface area contributed by atoms with E-state index in [2.05, 4.69) is 0 Å². The van der Waals surface area contributed by atoms with E-state index in [1.165, 1.54) is 17.0 Å². The fourth-order valence-electron chi connectivity index (χ4n) is 1.63. The molecule has 1 rings (SSSR count). The van der Waals surface area contributed by atoms with Crippen molar-refractivity contribution in [3.8, 4) is 0 Å². The Morgan fingerprint density at radius 1 is 1.32 bits per heavy atom. The molecule has 0 atom stereocenters. The van der Waals surface area contributed by atoms with Crippen molar-refractivity contribution in [2.45, 2.75) is 6.92 Å². The number of carboxylic acids is 1. The highest BCUT2D eigenvalue weighted by molar-refractivity contribution is 5.95. The highest BCUT2D eigenvalue weighted by Gasteiger charge is 2.18. The Kier molecular flexibility index (Phi) is 4.86. The number of anilines is 1. The normalized spacial score (nSPS) is 10.1. The minimum Gasteiger partial charge on any atom is -0.478 e. The van der Waals surface area contributed by atoms with E-state index in [0.717, 1.165) is 6.07 Å². The molecule has 0 radical (unpaired) electrons. The van der Waals surface area contributed by atoms with Gasteiger partial charge in [-0.1, -0.05) is 0 Å². The van der Waals surface area contributed by atoms with Crippen LogP contribution in [0.1, 0.15) is 17.3 Å². The number of halogens is 1. The minimum absolute atomic E-state index is 0.0510. The number of carbonyl (C=O) groups is 2. The van der Waals surface area contributed by atoms with Crippen LogP contribution in [0.2, 0.25) is 0 Å². The third-order valence-corrected chi connectivity index (χ3v) is 2.74. The quantitative estimate of drug-likeness (QED) is 0.877. The van der Waals surface area contributed by atoms with Crippen LogP contribution < -0.4 is 4.90 Å². The Bertz CT molecular complexity index is 489. The summed E-state index contributed by atoms with van der Waals surface area (Å²) in [5, 5.41) is 9.09. The molecule has 104 valence electrons. The summed E-state index contributed by atoms with van der Waals surface area (Å²) in [6, 6.07) is 3.52. The van der Waals surface area contributed by atoms with Crippen molar-refractivity contribution in [2.75, 3.05) is 32.1 Å². The summed E-state index contributed by atoms with van der Waals surface area (Å²) in [6.07, 6.45) is 0. The maximum atomic E-state index is 13.1. The number of amides is 1. The Labute approximate surface area is 111 Å². The van der Waals surface area contributed by atoms with Gasteiger partial charge < -0.3 is 14.9 Å². The molecule has 0 spiro atoms. The lowest BCUT2D eigenvalue weighted by molar-refractivity contribution is -0.127. The summed E-state index contributed by atoms with van der Waals surface area (Å²) in [6.45, 7) is 2.30.